The molecule has 2 aromatic rings. The molecule has 0 unspecified atom stereocenters. The number of pyridine rings is 1. The lowest BCUT2D eigenvalue weighted by Gasteiger charge is -2.06. The largest absolute Gasteiger partial charge is 0.353 e. The van der Waals surface area contributed by atoms with Gasteiger partial charge in [-0.05, 0) is 36.2 Å². The van der Waals surface area contributed by atoms with Crippen LogP contribution in [-0.4, -0.2) is 17.4 Å². The molecule has 0 atom stereocenters. The maximum Gasteiger partial charge on any atom is 0.220 e. The number of hydrogen-bond acceptors (Lipinski definition) is 2. The molecule has 20 heavy (non-hydrogen) atoms. The molecular formula is C15H14ClFN2O. The molecule has 0 aliphatic heterocycles. The zero-order valence-electron chi connectivity index (χ0n) is 10.8. The summed E-state index contributed by atoms with van der Waals surface area (Å²) in [4.78, 5) is 15.7. The fourth-order valence-electron chi connectivity index (χ4n) is 1.87. The van der Waals surface area contributed by atoms with Crippen molar-refractivity contribution in [3.05, 3.63) is 53.5 Å². The number of rotatable bonds is 5. The molecule has 104 valence electrons. The summed E-state index contributed by atoms with van der Waals surface area (Å²) in [6.07, 6.45) is 2.38. The maximum atomic E-state index is 13.2. The number of halogens is 2. The topological polar surface area (TPSA) is 42.0 Å². The fraction of sp³-hybridized carbons (Fsp3) is 0.200. The van der Waals surface area contributed by atoms with Gasteiger partial charge in [-0.2, -0.15) is 0 Å². The Labute approximate surface area is 121 Å². The highest BCUT2D eigenvalue weighted by molar-refractivity contribution is 6.30. The van der Waals surface area contributed by atoms with Crippen LogP contribution < -0.4 is 5.32 Å². The first-order valence-corrected chi connectivity index (χ1v) is 6.60. The average Bonchev–Trinajstić information content (AvgIpc) is 2.43. The maximum absolute atomic E-state index is 13.2. The molecule has 0 saturated heterocycles. The van der Waals surface area contributed by atoms with Crippen molar-refractivity contribution in [2.75, 3.05) is 6.54 Å². The Morgan fingerprint density at radius 1 is 1.45 bits per heavy atom. The van der Waals surface area contributed by atoms with E-state index < -0.39 is 0 Å². The second kappa shape index (κ2) is 6.48. The normalized spacial score (nSPS) is 10.5. The van der Waals surface area contributed by atoms with Gasteiger partial charge >= 0.3 is 0 Å². The number of hydrogen-bond donors (Lipinski definition) is 1. The molecule has 0 aliphatic carbocycles. The zero-order valence-corrected chi connectivity index (χ0v) is 11.6. The van der Waals surface area contributed by atoms with E-state index in [1.807, 2.05) is 0 Å². The summed E-state index contributed by atoms with van der Waals surface area (Å²) in [5, 5.41) is 3.71. The van der Waals surface area contributed by atoms with E-state index in [-0.39, 0.29) is 11.7 Å². The Morgan fingerprint density at radius 2 is 2.25 bits per heavy atom. The van der Waals surface area contributed by atoms with Crippen molar-refractivity contribution < 1.29 is 9.18 Å². The third-order valence-corrected chi connectivity index (χ3v) is 3.20. The summed E-state index contributed by atoms with van der Waals surface area (Å²) in [5.74, 6) is -0.406. The van der Waals surface area contributed by atoms with Crippen molar-refractivity contribution in [2.45, 2.75) is 12.8 Å². The van der Waals surface area contributed by atoms with Crippen molar-refractivity contribution >= 4 is 28.4 Å². The predicted octanol–water partition coefficient (Wildman–Crippen LogP) is 3.26. The van der Waals surface area contributed by atoms with Gasteiger partial charge in [0.05, 0.1) is 5.52 Å². The van der Waals surface area contributed by atoms with E-state index in [0.29, 0.717) is 35.4 Å². The average molecular weight is 293 g/mol. The van der Waals surface area contributed by atoms with Crippen LogP contribution in [0.1, 0.15) is 12.0 Å². The van der Waals surface area contributed by atoms with Crippen LogP contribution >= 0.6 is 11.6 Å². The fourth-order valence-corrected chi connectivity index (χ4v) is 2.11. The van der Waals surface area contributed by atoms with Crippen LogP contribution in [0.5, 0.6) is 0 Å². The minimum atomic E-state index is -0.323. The van der Waals surface area contributed by atoms with Gasteiger partial charge in [-0.25, -0.2) is 9.37 Å². The van der Waals surface area contributed by atoms with Crippen molar-refractivity contribution in [2.24, 2.45) is 0 Å². The van der Waals surface area contributed by atoms with Crippen LogP contribution in [-0.2, 0) is 11.2 Å². The Balaban J connectivity index is 2.15. The van der Waals surface area contributed by atoms with Crippen molar-refractivity contribution in [3.63, 3.8) is 0 Å². The number of fused-ring (bicyclic) bond motifs is 1. The minimum absolute atomic E-state index is 0.0831. The van der Waals surface area contributed by atoms with E-state index >= 15 is 0 Å². The molecular weight excluding hydrogens is 279 g/mol. The number of carbonyl (C=O) groups excluding carboxylic acids is 1. The van der Waals surface area contributed by atoms with Gasteiger partial charge in [0.2, 0.25) is 5.91 Å². The van der Waals surface area contributed by atoms with E-state index in [1.165, 1.54) is 12.1 Å². The molecule has 0 bridgehead atoms. The molecule has 0 radical (unpaired) electrons. The first kappa shape index (κ1) is 14.5. The van der Waals surface area contributed by atoms with Crippen LogP contribution in [0.3, 0.4) is 0 Å². The number of aryl methyl sites for hydroxylation is 1. The van der Waals surface area contributed by atoms with Crippen LogP contribution in [0.15, 0.2) is 36.9 Å². The van der Waals surface area contributed by atoms with Crippen molar-refractivity contribution in [1.82, 2.24) is 10.3 Å². The van der Waals surface area contributed by atoms with E-state index in [4.69, 9.17) is 11.6 Å². The highest BCUT2D eigenvalue weighted by Crippen LogP contribution is 2.22. The lowest BCUT2D eigenvalue weighted by Crippen LogP contribution is -2.23. The predicted molar refractivity (Wildman–Crippen MR) is 78.2 cm³/mol. The summed E-state index contributed by atoms with van der Waals surface area (Å²) in [7, 11) is 0. The van der Waals surface area contributed by atoms with Crippen LogP contribution in [0, 0.1) is 5.82 Å². The highest BCUT2D eigenvalue weighted by Gasteiger charge is 2.08. The second-order valence-electron chi connectivity index (χ2n) is 4.37. The van der Waals surface area contributed by atoms with E-state index in [1.54, 1.807) is 18.2 Å². The summed E-state index contributed by atoms with van der Waals surface area (Å²) in [6, 6.07) is 6.10. The molecule has 5 heteroatoms. The quantitative estimate of drug-likeness (QED) is 0.679. The number of benzene rings is 1. The Hall–Kier alpha value is -1.94. The van der Waals surface area contributed by atoms with Gasteiger partial charge in [0, 0.05) is 18.4 Å². The first-order chi connectivity index (χ1) is 9.60. The zero-order chi connectivity index (χ0) is 14.5. The Morgan fingerprint density at radius 3 is 3.00 bits per heavy atom. The number of amides is 1. The van der Waals surface area contributed by atoms with Crippen molar-refractivity contribution in [3.8, 4) is 0 Å². The lowest BCUT2D eigenvalue weighted by atomic mass is 10.1. The van der Waals surface area contributed by atoms with Crippen molar-refractivity contribution in [1.29, 1.82) is 0 Å². The third-order valence-electron chi connectivity index (χ3n) is 2.87. The van der Waals surface area contributed by atoms with Crippen LogP contribution in [0.4, 0.5) is 4.39 Å². The standard InChI is InChI=1S/C15H14ClFN2O/c1-2-7-18-14(20)6-3-10-8-11-9-12(17)4-5-13(11)19-15(10)16/h2,4-5,8-9H,1,3,6-7H2,(H,18,20). The lowest BCUT2D eigenvalue weighted by molar-refractivity contribution is -0.120. The minimum Gasteiger partial charge on any atom is -0.353 e. The Bertz CT molecular complexity index is 658. The number of aromatic nitrogens is 1. The monoisotopic (exact) mass is 292 g/mol. The SMILES string of the molecule is C=CCNC(=O)CCc1cc2cc(F)ccc2nc1Cl. The molecule has 3 nitrogen and oxygen atoms in total. The smallest absolute Gasteiger partial charge is 0.220 e. The van der Waals surface area contributed by atoms with E-state index in [0.717, 1.165) is 5.56 Å². The summed E-state index contributed by atoms with van der Waals surface area (Å²) < 4.78 is 13.2. The molecule has 0 fully saturated rings. The second-order valence-corrected chi connectivity index (χ2v) is 4.73. The van der Waals surface area contributed by atoms with Gasteiger partial charge in [-0.15, -0.1) is 6.58 Å². The third kappa shape index (κ3) is 3.54. The molecule has 1 aromatic heterocycles. The van der Waals surface area contributed by atoms with Gasteiger partial charge in [-0.1, -0.05) is 17.7 Å². The van der Waals surface area contributed by atoms with Gasteiger partial charge < -0.3 is 5.32 Å². The van der Waals surface area contributed by atoms with E-state index in [9.17, 15) is 9.18 Å². The Kier molecular flexibility index (Phi) is 4.69. The molecule has 0 spiro atoms. The molecule has 0 aliphatic rings. The summed E-state index contributed by atoms with van der Waals surface area (Å²) in [5.41, 5.74) is 1.37. The first-order valence-electron chi connectivity index (χ1n) is 6.22. The number of nitrogens with zero attached hydrogens (tertiary/aromatic N) is 1. The summed E-state index contributed by atoms with van der Waals surface area (Å²) >= 11 is 6.08. The highest BCUT2D eigenvalue weighted by atomic mass is 35.5. The molecule has 1 aromatic carbocycles. The molecule has 1 amide bonds. The number of carbonyl (C=O) groups is 1. The molecule has 0 saturated carbocycles. The van der Waals surface area contributed by atoms with Gasteiger partial charge in [0.1, 0.15) is 11.0 Å². The molecule has 1 N–H and O–H groups in total. The van der Waals surface area contributed by atoms with Gasteiger partial charge in [0.15, 0.2) is 0 Å². The van der Waals surface area contributed by atoms with Gasteiger partial charge in [0.25, 0.3) is 0 Å². The summed E-state index contributed by atoms with van der Waals surface area (Å²) in [6.45, 7) is 3.96. The van der Waals surface area contributed by atoms with Crippen LogP contribution in [0.25, 0.3) is 10.9 Å². The number of nitrogens with one attached hydrogen (secondary N) is 1. The molecule has 1 heterocycles. The molecule has 2 rings (SSSR count). The van der Waals surface area contributed by atoms with E-state index in [2.05, 4.69) is 16.9 Å². The van der Waals surface area contributed by atoms with Gasteiger partial charge in [-0.3, -0.25) is 4.79 Å². The van der Waals surface area contributed by atoms with Crippen LogP contribution in [0.2, 0.25) is 5.15 Å².